The van der Waals surface area contributed by atoms with Gasteiger partial charge in [0.15, 0.2) is 11.6 Å². The summed E-state index contributed by atoms with van der Waals surface area (Å²) in [6.45, 7) is 0. The van der Waals surface area contributed by atoms with Crippen LogP contribution in [-0.2, 0) is 0 Å². The lowest BCUT2D eigenvalue weighted by Crippen LogP contribution is -2.15. The minimum Gasteiger partial charge on any atom is -0.317 e. The van der Waals surface area contributed by atoms with E-state index in [1.54, 1.807) is 12.1 Å². The highest BCUT2D eigenvalue weighted by Gasteiger charge is 2.16. The number of hydrogen-bond donors (Lipinski definition) is 1. The first-order chi connectivity index (χ1) is 9.38. The summed E-state index contributed by atoms with van der Waals surface area (Å²) in [5.41, 5.74) is -0.164. The Kier molecular flexibility index (Phi) is 5.14. The molecule has 0 saturated heterocycles. The molecule has 0 saturated carbocycles. The van der Waals surface area contributed by atoms with Crippen LogP contribution in [0.3, 0.4) is 0 Å². The second-order valence-electron chi connectivity index (χ2n) is 3.82. The molecule has 0 aliphatic heterocycles. The minimum absolute atomic E-state index is 0.265. The van der Waals surface area contributed by atoms with Gasteiger partial charge in [-0.05, 0) is 68.9 Å². The van der Waals surface area contributed by atoms with Crippen molar-refractivity contribution < 1.29 is 13.6 Å². The van der Waals surface area contributed by atoms with Crippen LogP contribution in [-0.4, -0.2) is 5.91 Å². The maximum atomic E-state index is 13.7. The first-order valence-electron chi connectivity index (χ1n) is 5.29. The Morgan fingerprint density at radius 1 is 1.10 bits per heavy atom. The summed E-state index contributed by atoms with van der Waals surface area (Å²) in [5, 5.41) is 2.25. The zero-order chi connectivity index (χ0) is 14.9. The van der Waals surface area contributed by atoms with Crippen molar-refractivity contribution in [2.75, 3.05) is 5.32 Å². The smallest absolute Gasteiger partial charge is 0.257 e. The van der Waals surface area contributed by atoms with Gasteiger partial charge in [-0.1, -0.05) is 15.9 Å². The molecule has 104 valence electrons. The van der Waals surface area contributed by atoms with Gasteiger partial charge in [-0.3, -0.25) is 4.79 Å². The first-order valence-corrected chi connectivity index (χ1v) is 7.96. The van der Waals surface area contributed by atoms with Crippen LogP contribution in [0.25, 0.3) is 0 Å². The van der Waals surface area contributed by atoms with Crippen molar-refractivity contribution in [1.29, 1.82) is 0 Å². The number of rotatable bonds is 2. The summed E-state index contributed by atoms with van der Waals surface area (Å²) in [7, 11) is 0. The molecule has 1 amide bonds. The molecular formula is C13H6Br2F2INO. The second kappa shape index (κ2) is 6.48. The largest absolute Gasteiger partial charge is 0.317 e. The molecule has 0 fully saturated rings. The quantitative estimate of drug-likeness (QED) is 0.536. The molecule has 2 aromatic carbocycles. The SMILES string of the molecule is O=C(Nc1c(F)cc(Br)cc1F)c1cc(I)ccc1Br. The zero-order valence-corrected chi connectivity index (χ0v) is 15.0. The third kappa shape index (κ3) is 3.56. The fourth-order valence-corrected chi connectivity index (χ4v) is 2.83. The van der Waals surface area contributed by atoms with Crippen LogP contribution in [0.1, 0.15) is 10.4 Å². The van der Waals surface area contributed by atoms with Gasteiger partial charge in [-0.25, -0.2) is 8.78 Å². The summed E-state index contributed by atoms with van der Waals surface area (Å²) in [5.74, 6) is -2.27. The molecule has 0 bridgehead atoms. The predicted molar refractivity (Wildman–Crippen MR) is 88.9 cm³/mol. The van der Waals surface area contributed by atoms with Crippen molar-refractivity contribution in [3.8, 4) is 0 Å². The Morgan fingerprint density at radius 2 is 1.70 bits per heavy atom. The lowest BCUT2D eigenvalue weighted by Gasteiger charge is -2.09. The fourth-order valence-electron chi connectivity index (χ4n) is 1.51. The number of carbonyl (C=O) groups is 1. The topological polar surface area (TPSA) is 29.1 Å². The molecule has 7 heteroatoms. The van der Waals surface area contributed by atoms with Crippen LogP contribution in [0, 0.1) is 15.2 Å². The van der Waals surface area contributed by atoms with Crippen molar-refractivity contribution in [2.24, 2.45) is 0 Å². The predicted octanol–water partition coefficient (Wildman–Crippen LogP) is 5.35. The summed E-state index contributed by atoms with van der Waals surface area (Å²) in [6, 6.07) is 7.30. The van der Waals surface area contributed by atoms with Crippen LogP contribution in [0.15, 0.2) is 39.3 Å². The van der Waals surface area contributed by atoms with Crippen LogP contribution < -0.4 is 5.32 Å². The lowest BCUT2D eigenvalue weighted by molar-refractivity contribution is 0.102. The molecule has 2 nitrogen and oxygen atoms in total. The minimum atomic E-state index is -0.841. The number of anilines is 1. The van der Waals surface area contributed by atoms with E-state index in [0.717, 1.165) is 15.7 Å². The molecule has 0 spiro atoms. The van der Waals surface area contributed by atoms with E-state index >= 15 is 0 Å². The molecule has 20 heavy (non-hydrogen) atoms. The van der Waals surface area contributed by atoms with E-state index in [9.17, 15) is 13.6 Å². The van der Waals surface area contributed by atoms with Gasteiger partial charge in [-0.2, -0.15) is 0 Å². The summed E-state index contributed by atoms with van der Waals surface area (Å²) in [6.07, 6.45) is 0. The first kappa shape index (κ1) is 15.8. The third-order valence-corrected chi connectivity index (χ3v) is 4.24. The Morgan fingerprint density at radius 3 is 2.30 bits per heavy atom. The molecule has 2 aromatic rings. The number of amides is 1. The molecule has 2 rings (SSSR count). The Hall–Kier alpha value is -0.540. The van der Waals surface area contributed by atoms with Gasteiger partial charge in [0.25, 0.3) is 5.91 Å². The molecule has 0 aromatic heterocycles. The highest BCUT2D eigenvalue weighted by atomic mass is 127. The van der Waals surface area contributed by atoms with Gasteiger partial charge in [0.2, 0.25) is 0 Å². The van der Waals surface area contributed by atoms with E-state index in [4.69, 9.17) is 0 Å². The fraction of sp³-hybridized carbons (Fsp3) is 0. The maximum Gasteiger partial charge on any atom is 0.257 e. The molecule has 1 N–H and O–H groups in total. The number of carbonyl (C=O) groups excluding carboxylic acids is 1. The average molecular weight is 517 g/mol. The summed E-state index contributed by atoms with van der Waals surface area (Å²) in [4.78, 5) is 12.1. The number of benzene rings is 2. The van der Waals surface area contributed by atoms with Gasteiger partial charge >= 0.3 is 0 Å². The van der Waals surface area contributed by atoms with Gasteiger partial charge in [0.05, 0.1) is 5.56 Å². The van der Waals surface area contributed by atoms with E-state index in [-0.39, 0.29) is 4.47 Å². The van der Waals surface area contributed by atoms with E-state index in [1.165, 1.54) is 0 Å². The van der Waals surface area contributed by atoms with E-state index in [2.05, 4.69) is 37.2 Å². The molecule has 0 unspecified atom stereocenters. The van der Waals surface area contributed by atoms with E-state index in [1.807, 2.05) is 28.7 Å². The number of nitrogens with one attached hydrogen (secondary N) is 1. The van der Waals surface area contributed by atoms with Crippen molar-refractivity contribution in [1.82, 2.24) is 0 Å². The van der Waals surface area contributed by atoms with Crippen molar-refractivity contribution in [3.05, 3.63) is 60.0 Å². The molecule has 0 radical (unpaired) electrons. The molecule has 0 aliphatic rings. The van der Waals surface area contributed by atoms with Gasteiger partial charge < -0.3 is 5.32 Å². The molecule has 0 atom stereocenters. The second-order valence-corrected chi connectivity index (χ2v) is 6.84. The third-order valence-electron chi connectivity index (χ3n) is 2.42. The normalized spacial score (nSPS) is 10.4. The Bertz CT molecular complexity index is 671. The summed E-state index contributed by atoms with van der Waals surface area (Å²) >= 11 is 8.26. The van der Waals surface area contributed by atoms with E-state index < -0.39 is 23.2 Å². The standard InChI is InChI=1S/C13H6Br2F2INO/c14-6-3-10(16)12(11(17)4-6)19-13(20)8-5-7(18)1-2-9(8)15/h1-5H,(H,19,20). The summed E-state index contributed by atoms with van der Waals surface area (Å²) < 4.78 is 29.0. The lowest BCUT2D eigenvalue weighted by atomic mass is 10.2. The number of hydrogen-bond acceptors (Lipinski definition) is 1. The highest BCUT2D eigenvalue weighted by Crippen LogP contribution is 2.26. The highest BCUT2D eigenvalue weighted by molar-refractivity contribution is 14.1. The van der Waals surface area contributed by atoms with Gasteiger partial charge in [0, 0.05) is 12.5 Å². The van der Waals surface area contributed by atoms with Crippen LogP contribution in [0.2, 0.25) is 0 Å². The zero-order valence-electron chi connectivity index (χ0n) is 9.68. The van der Waals surface area contributed by atoms with Crippen LogP contribution >= 0.6 is 54.5 Å². The van der Waals surface area contributed by atoms with Crippen molar-refractivity contribution in [2.45, 2.75) is 0 Å². The molecular weight excluding hydrogens is 511 g/mol. The van der Waals surface area contributed by atoms with E-state index in [0.29, 0.717) is 10.0 Å². The van der Waals surface area contributed by atoms with Gasteiger partial charge in [0.1, 0.15) is 5.69 Å². The number of halogens is 5. The van der Waals surface area contributed by atoms with Crippen LogP contribution in [0.4, 0.5) is 14.5 Å². The Balaban J connectivity index is 2.35. The molecule has 0 aliphatic carbocycles. The van der Waals surface area contributed by atoms with Gasteiger partial charge in [-0.15, -0.1) is 0 Å². The van der Waals surface area contributed by atoms with Crippen molar-refractivity contribution in [3.63, 3.8) is 0 Å². The van der Waals surface area contributed by atoms with Crippen molar-refractivity contribution >= 4 is 66.0 Å². The monoisotopic (exact) mass is 515 g/mol. The molecule has 0 heterocycles. The average Bonchev–Trinajstić information content (AvgIpc) is 2.36. The Labute approximate surface area is 144 Å². The van der Waals surface area contributed by atoms with Crippen LogP contribution in [0.5, 0.6) is 0 Å². The maximum absolute atomic E-state index is 13.7.